The van der Waals surface area contributed by atoms with Gasteiger partial charge in [-0.15, -0.1) is 0 Å². The van der Waals surface area contributed by atoms with Crippen molar-refractivity contribution in [3.63, 3.8) is 0 Å². The van der Waals surface area contributed by atoms with Gasteiger partial charge >= 0.3 is 5.97 Å². The van der Waals surface area contributed by atoms with Crippen LogP contribution in [0.4, 0.5) is 5.69 Å². The van der Waals surface area contributed by atoms with Crippen LogP contribution in [-0.2, 0) is 9.53 Å². The number of para-hydroxylation sites is 2. The number of ether oxygens (including phenoxy) is 3. The zero-order valence-corrected chi connectivity index (χ0v) is 13.4. The largest absolute Gasteiger partial charge is 0.485 e. The van der Waals surface area contributed by atoms with Crippen molar-refractivity contribution in [1.82, 2.24) is 0 Å². The Balaban J connectivity index is 1.75. The zero-order valence-electron chi connectivity index (χ0n) is 13.4. The molecule has 1 aliphatic rings. The molecule has 1 N–H and O–H groups in total. The van der Waals surface area contributed by atoms with E-state index in [9.17, 15) is 9.59 Å². The molecule has 0 aliphatic carbocycles. The van der Waals surface area contributed by atoms with Crippen molar-refractivity contribution in [2.45, 2.75) is 13.0 Å². The number of carbonyl (C=O) groups is 2. The maximum atomic E-state index is 12.4. The lowest BCUT2D eigenvalue weighted by Gasteiger charge is -2.25. The molecule has 0 saturated heterocycles. The SMILES string of the molecule is COC(=O)c1cccc(NC(=O)[C@@H]2COc3ccccc3O2)c1C. The number of carbonyl (C=O) groups excluding carboxylic acids is 2. The highest BCUT2D eigenvalue weighted by Crippen LogP contribution is 2.31. The van der Waals surface area contributed by atoms with Crippen LogP contribution in [0, 0.1) is 6.92 Å². The second-order valence-electron chi connectivity index (χ2n) is 5.32. The van der Waals surface area contributed by atoms with Gasteiger partial charge in [0.1, 0.15) is 6.61 Å². The fourth-order valence-corrected chi connectivity index (χ4v) is 2.46. The van der Waals surface area contributed by atoms with Gasteiger partial charge in [0.2, 0.25) is 6.10 Å². The van der Waals surface area contributed by atoms with E-state index in [2.05, 4.69) is 5.32 Å². The lowest BCUT2D eigenvalue weighted by molar-refractivity contribution is -0.125. The van der Waals surface area contributed by atoms with Crippen LogP contribution >= 0.6 is 0 Å². The quantitative estimate of drug-likeness (QED) is 0.877. The molecule has 1 aliphatic heterocycles. The maximum absolute atomic E-state index is 12.4. The smallest absolute Gasteiger partial charge is 0.338 e. The Morgan fingerprint density at radius 3 is 2.62 bits per heavy atom. The van der Waals surface area contributed by atoms with Gasteiger partial charge in [-0.05, 0) is 36.8 Å². The van der Waals surface area contributed by atoms with E-state index in [0.717, 1.165) is 0 Å². The summed E-state index contributed by atoms with van der Waals surface area (Å²) >= 11 is 0. The van der Waals surface area contributed by atoms with E-state index < -0.39 is 12.1 Å². The molecular weight excluding hydrogens is 310 g/mol. The van der Waals surface area contributed by atoms with Crippen molar-refractivity contribution >= 4 is 17.6 Å². The number of anilines is 1. The minimum Gasteiger partial charge on any atom is -0.485 e. The number of hydrogen-bond donors (Lipinski definition) is 1. The van der Waals surface area contributed by atoms with Crippen LogP contribution in [0.15, 0.2) is 42.5 Å². The van der Waals surface area contributed by atoms with Gasteiger partial charge in [-0.3, -0.25) is 4.79 Å². The van der Waals surface area contributed by atoms with Gasteiger partial charge in [0.05, 0.1) is 12.7 Å². The fraction of sp³-hybridized carbons (Fsp3) is 0.222. The third kappa shape index (κ3) is 3.03. The van der Waals surface area contributed by atoms with Crippen molar-refractivity contribution in [2.75, 3.05) is 19.0 Å². The van der Waals surface area contributed by atoms with E-state index in [1.807, 2.05) is 12.1 Å². The standard InChI is InChI=1S/C18H17NO5/c1-11-12(18(21)22-2)6-5-7-13(11)19-17(20)16-10-23-14-8-3-4-9-15(14)24-16/h3-9,16H,10H2,1-2H3,(H,19,20)/t16-/m0/s1. The molecule has 1 amide bonds. The molecule has 0 unspecified atom stereocenters. The van der Waals surface area contributed by atoms with Crippen LogP contribution in [0.25, 0.3) is 0 Å². The highest BCUT2D eigenvalue weighted by molar-refractivity contribution is 5.98. The summed E-state index contributed by atoms with van der Waals surface area (Å²) in [7, 11) is 1.32. The van der Waals surface area contributed by atoms with Gasteiger partial charge in [0.25, 0.3) is 5.91 Å². The summed E-state index contributed by atoms with van der Waals surface area (Å²) in [6, 6.07) is 12.2. The minimum absolute atomic E-state index is 0.124. The lowest BCUT2D eigenvalue weighted by atomic mass is 10.1. The average Bonchev–Trinajstić information content (AvgIpc) is 2.62. The monoisotopic (exact) mass is 327 g/mol. The first-order chi connectivity index (χ1) is 11.6. The van der Waals surface area contributed by atoms with Gasteiger partial charge in [-0.1, -0.05) is 18.2 Å². The highest BCUT2D eigenvalue weighted by Gasteiger charge is 2.27. The minimum atomic E-state index is -0.763. The maximum Gasteiger partial charge on any atom is 0.338 e. The number of benzene rings is 2. The third-order valence-corrected chi connectivity index (χ3v) is 3.80. The topological polar surface area (TPSA) is 73.9 Å². The molecule has 1 atom stereocenters. The first kappa shape index (κ1) is 15.9. The van der Waals surface area contributed by atoms with Crippen molar-refractivity contribution in [1.29, 1.82) is 0 Å². The number of esters is 1. The lowest BCUT2D eigenvalue weighted by Crippen LogP contribution is -2.40. The zero-order chi connectivity index (χ0) is 17.1. The first-order valence-electron chi connectivity index (χ1n) is 7.47. The van der Waals surface area contributed by atoms with E-state index in [0.29, 0.717) is 28.3 Å². The Bertz CT molecular complexity index is 787. The molecule has 124 valence electrons. The third-order valence-electron chi connectivity index (χ3n) is 3.80. The van der Waals surface area contributed by atoms with Crippen LogP contribution < -0.4 is 14.8 Å². The molecule has 24 heavy (non-hydrogen) atoms. The van der Waals surface area contributed by atoms with E-state index in [1.165, 1.54) is 7.11 Å². The summed E-state index contributed by atoms with van der Waals surface area (Å²) in [6.45, 7) is 1.87. The number of hydrogen-bond acceptors (Lipinski definition) is 5. The van der Waals surface area contributed by atoms with E-state index in [4.69, 9.17) is 14.2 Å². The summed E-state index contributed by atoms with van der Waals surface area (Å²) in [6.07, 6.45) is -0.763. The Labute approximate surface area is 139 Å². The summed E-state index contributed by atoms with van der Waals surface area (Å²) in [5.41, 5.74) is 1.57. The van der Waals surface area contributed by atoms with Crippen LogP contribution in [0.5, 0.6) is 11.5 Å². The molecule has 0 saturated carbocycles. The van der Waals surface area contributed by atoms with Gasteiger partial charge in [-0.25, -0.2) is 4.79 Å². The van der Waals surface area contributed by atoms with Crippen molar-refractivity contribution < 1.29 is 23.8 Å². The molecule has 0 fully saturated rings. The Hall–Kier alpha value is -3.02. The number of methoxy groups -OCH3 is 1. The molecule has 6 heteroatoms. The van der Waals surface area contributed by atoms with Crippen molar-refractivity contribution in [3.8, 4) is 11.5 Å². The number of nitrogens with one attached hydrogen (secondary N) is 1. The number of rotatable bonds is 3. The molecule has 3 rings (SSSR count). The molecule has 0 spiro atoms. The highest BCUT2D eigenvalue weighted by atomic mass is 16.6. The Morgan fingerprint density at radius 1 is 1.12 bits per heavy atom. The van der Waals surface area contributed by atoms with Crippen LogP contribution in [0.1, 0.15) is 15.9 Å². The second kappa shape index (κ2) is 6.62. The van der Waals surface area contributed by atoms with Crippen LogP contribution in [0.3, 0.4) is 0 Å². The predicted molar refractivity (Wildman–Crippen MR) is 87.5 cm³/mol. The Kier molecular flexibility index (Phi) is 4.37. The molecule has 0 bridgehead atoms. The Morgan fingerprint density at radius 2 is 1.88 bits per heavy atom. The molecule has 6 nitrogen and oxygen atoms in total. The predicted octanol–water partition coefficient (Wildman–Crippen LogP) is 2.56. The number of amides is 1. The summed E-state index contributed by atoms with van der Waals surface area (Å²) < 4.78 is 16.0. The van der Waals surface area contributed by atoms with Gasteiger partial charge in [0, 0.05) is 5.69 Å². The van der Waals surface area contributed by atoms with Crippen molar-refractivity contribution in [2.24, 2.45) is 0 Å². The summed E-state index contributed by atoms with van der Waals surface area (Å²) in [5, 5.41) is 2.78. The van der Waals surface area contributed by atoms with E-state index >= 15 is 0 Å². The van der Waals surface area contributed by atoms with E-state index in [1.54, 1.807) is 37.3 Å². The average molecular weight is 327 g/mol. The number of fused-ring (bicyclic) bond motifs is 1. The van der Waals surface area contributed by atoms with Crippen LogP contribution in [0.2, 0.25) is 0 Å². The summed E-state index contributed by atoms with van der Waals surface area (Å²) in [5.74, 6) is 0.360. The molecule has 2 aromatic carbocycles. The fourth-order valence-electron chi connectivity index (χ4n) is 2.46. The van der Waals surface area contributed by atoms with E-state index in [-0.39, 0.29) is 12.5 Å². The van der Waals surface area contributed by atoms with Gasteiger partial charge < -0.3 is 19.5 Å². The normalized spacial score (nSPS) is 15.5. The first-order valence-corrected chi connectivity index (χ1v) is 7.47. The van der Waals surface area contributed by atoms with Gasteiger partial charge in [-0.2, -0.15) is 0 Å². The van der Waals surface area contributed by atoms with Gasteiger partial charge in [0.15, 0.2) is 11.5 Å². The molecular formula is C18H17NO5. The second-order valence-corrected chi connectivity index (χ2v) is 5.32. The van der Waals surface area contributed by atoms with Crippen molar-refractivity contribution in [3.05, 3.63) is 53.6 Å². The van der Waals surface area contributed by atoms with Crippen LogP contribution in [-0.4, -0.2) is 31.7 Å². The molecule has 2 aromatic rings. The molecule has 1 heterocycles. The molecule has 0 radical (unpaired) electrons. The summed E-state index contributed by atoms with van der Waals surface area (Å²) in [4.78, 5) is 24.2. The molecule has 0 aromatic heterocycles.